The first-order valence-electron chi connectivity index (χ1n) is 2.19. The van der Waals surface area contributed by atoms with Crippen LogP contribution >= 0.6 is 0 Å². The van der Waals surface area contributed by atoms with E-state index in [1.54, 1.807) is 0 Å². The Balaban J connectivity index is 3.39. The molecule has 0 unspecified atom stereocenters. The van der Waals surface area contributed by atoms with Gasteiger partial charge in [-0.25, -0.2) is 0 Å². The molecule has 0 radical (unpaired) electrons. The molecule has 2 nitrogen and oxygen atoms in total. The van der Waals surface area contributed by atoms with Gasteiger partial charge < -0.3 is 0 Å². The summed E-state index contributed by atoms with van der Waals surface area (Å²) in [6.45, 7) is 2.51. The van der Waals surface area contributed by atoms with Crippen LogP contribution in [-0.2, 0) is 4.53 Å². The maximum Gasteiger partial charge on any atom is 0.399 e. The van der Waals surface area contributed by atoms with E-state index in [9.17, 15) is 8.59 Å². The third-order valence-corrected chi connectivity index (χ3v) is 1.03. The second-order valence-corrected chi connectivity index (χ2v) is 4.78. The molecule has 0 heterocycles. The monoisotopic (exact) mass is 141 g/mol. The number of halogens is 2. The van der Waals surface area contributed by atoms with Gasteiger partial charge in [0.2, 0.25) is 0 Å². The molecule has 0 amide bonds. The van der Waals surface area contributed by atoms with E-state index in [4.69, 9.17) is 0 Å². The van der Waals surface area contributed by atoms with Gasteiger partial charge in [-0.2, -0.15) is 0 Å². The molecule has 0 atom stereocenters. The van der Waals surface area contributed by atoms with E-state index in [0.29, 0.717) is 0 Å². The van der Waals surface area contributed by atoms with Crippen LogP contribution in [0.1, 0.15) is 0 Å². The molecule has 8 heavy (non-hydrogen) atoms. The van der Waals surface area contributed by atoms with Crippen LogP contribution < -0.4 is 0 Å². The summed E-state index contributed by atoms with van der Waals surface area (Å²) in [5.74, 6) is 0. The molecule has 0 aliphatic carbocycles. The molecule has 0 N–H and O–H groups in total. The van der Waals surface area contributed by atoms with Crippen LogP contribution in [0.2, 0.25) is 13.1 Å². The number of hydroxylamine groups is 1. The molecular formula is C3H9F2NOSi. The van der Waals surface area contributed by atoms with Crippen molar-refractivity contribution >= 4 is 8.65 Å². The van der Waals surface area contributed by atoms with E-state index in [0.717, 1.165) is 7.05 Å². The smallest absolute Gasteiger partial charge is 0.280 e. The second-order valence-electron chi connectivity index (χ2n) is 1.88. The van der Waals surface area contributed by atoms with E-state index in [2.05, 4.69) is 4.53 Å². The Morgan fingerprint density at radius 3 is 1.88 bits per heavy atom. The first-order chi connectivity index (χ1) is 3.42. The van der Waals surface area contributed by atoms with Gasteiger partial charge >= 0.3 is 8.65 Å². The fourth-order valence-electron chi connectivity index (χ4n) is 0.299. The molecule has 5 heteroatoms. The van der Waals surface area contributed by atoms with Gasteiger partial charge in [0.1, 0.15) is 0 Å². The van der Waals surface area contributed by atoms with Gasteiger partial charge in [-0.1, -0.05) is 0 Å². The lowest BCUT2D eigenvalue weighted by molar-refractivity contribution is -0.201. The third-order valence-electron chi connectivity index (χ3n) is 0.343. The van der Waals surface area contributed by atoms with Crippen molar-refractivity contribution in [2.45, 2.75) is 13.1 Å². The van der Waals surface area contributed by atoms with Gasteiger partial charge in [0.15, 0.2) is 0 Å². The molecule has 0 saturated carbocycles. The highest BCUT2D eigenvalue weighted by molar-refractivity contribution is 6.63. The van der Waals surface area contributed by atoms with Crippen molar-refractivity contribution in [2.24, 2.45) is 0 Å². The lowest BCUT2D eigenvalue weighted by atomic mass is 11.5. The molecule has 0 rings (SSSR count). The quantitative estimate of drug-likeness (QED) is 0.249. The molecule has 0 aromatic carbocycles. The maximum absolute atomic E-state index is 12.3. The van der Waals surface area contributed by atoms with Gasteiger partial charge in [-0.15, -0.1) is 4.48 Å². The minimum atomic E-state index is -3.17. The lowest BCUT2D eigenvalue weighted by Gasteiger charge is -2.12. The normalized spacial score (nSPS) is 12.8. The maximum atomic E-state index is 12.3. The Kier molecular flexibility index (Phi) is 2.52. The van der Waals surface area contributed by atoms with Crippen LogP contribution in [0.15, 0.2) is 0 Å². The minimum Gasteiger partial charge on any atom is -0.280 e. The van der Waals surface area contributed by atoms with Gasteiger partial charge in [-0.3, -0.25) is 8.63 Å². The van der Waals surface area contributed by atoms with Crippen molar-refractivity contribution < 1.29 is 13.1 Å². The Morgan fingerprint density at radius 2 is 1.88 bits per heavy atom. The summed E-state index contributed by atoms with van der Waals surface area (Å²) in [6, 6.07) is 0. The molecule has 0 saturated heterocycles. The summed E-state index contributed by atoms with van der Waals surface area (Å²) in [6.07, 6.45) is 0. The molecule has 0 aromatic rings. The first-order valence-corrected chi connectivity index (χ1v) is 4.98. The Morgan fingerprint density at radius 1 is 1.50 bits per heavy atom. The van der Waals surface area contributed by atoms with Crippen LogP contribution in [0.3, 0.4) is 0 Å². The molecule has 0 aliphatic rings. The summed E-state index contributed by atoms with van der Waals surface area (Å²) in [5, 5.41) is -0.105. The predicted octanol–water partition coefficient (Wildman–Crippen LogP) is 1.41. The molecule has 0 spiro atoms. The fourth-order valence-corrected chi connectivity index (χ4v) is 0.897. The van der Waals surface area contributed by atoms with Crippen LogP contribution in [-0.4, -0.2) is 21.0 Å². The van der Waals surface area contributed by atoms with Crippen molar-refractivity contribution in [1.82, 2.24) is 5.29 Å². The zero-order chi connectivity index (χ0) is 6.78. The van der Waals surface area contributed by atoms with Crippen LogP contribution in [0.5, 0.6) is 0 Å². The molecule has 0 fully saturated rings. The van der Waals surface area contributed by atoms with E-state index < -0.39 is 8.65 Å². The van der Waals surface area contributed by atoms with Gasteiger partial charge in [0.25, 0.3) is 0 Å². The third kappa shape index (κ3) is 6.00. The fraction of sp³-hybridized carbons (Fsp3) is 1.00. The van der Waals surface area contributed by atoms with Crippen LogP contribution in [0.4, 0.5) is 8.59 Å². The Labute approximate surface area is 48.2 Å². The predicted molar refractivity (Wildman–Crippen MR) is 28.5 cm³/mol. The summed E-state index contributed by atoms with van der Waals surface area (Å²) < 4.78 is 28.0. The summed E-state index contributed by atoms with van der Waals surface area (Å²) in [4.78, 5) is 0. The van der Waals surface area contributed by atoms with Crippen LogP contribution in [0, 0.1) is 0 Å². The zero-order valence-corrected chi connectivity index (χ0v) is 6.11. The average molecular weight is 141 g/mol. The van der Waals surface area contributed by atoms with E-state index in [1.165, 1.54) is 13.1 Å². The number of rotatable bonds is 2. The number of nitrogens with zero attached hydrogens (tertiary/aromatic N) is 1. The van der Waals surface area contributed by atoms with Gasteiger partial charge in [-0.05, 0) is 18.4 Å². The van der Waals surface area contributed by atoms with E-state index in [1.807, 2.05) is 0 Å². The Hall–Kier alpha value is -0.00312. The minimum absolute atomic E-state index is 0.105. The molecule has 0 aromatic heterocycles. The Bertz CT molecular complexity index is 72.2. The van der Waals surface area contributed by atoms with E-state index >= 15 is 0 Å². The van der Waals surface area contributed by atoms with Crippen molar-refractivity contribution in [3.63, 3.8) is 0 Å². The standard InChI is InChI=1S/C3H9F2NOSi/c1-6(4)7-8(2,3)5/h1-3H3. The SMILES string of the molecule is CN(F)O[Si](C)(C)F. The highest BCUT2D eigenvalue weighted by atomic mass is 28.4. The molecule has 0 aliphatic heterocycles. The summed E-state index contributed by atoms with van der Waals surface area (Å²) in [5.41, 5.74) is 0. The first kappa shape index (κ1) is 8.00. The molecule has 0 bridgehead atoms. The van der Waals surface area contributed by atoms with Crippen molar-refractivity contribution in [2.75, 3.05) is 7.05 Å². The molecule has 50 valence electrons. The number of hydrogen-bond donors (Lipinski definition) is 0. The van der Waals surface area contributed by atoms with Crippen LogP contribution in [0.25, 0.3) is 0 Å². The van der Waals surface area contributed by atoms with Crippen molar-refractivity contribution in [3.05, 3.63) is 0 Å². The molecular weight excluding hydrogens is 132 g/mol. The highest BCUT2D eigenvalue weighted by Crippen LogP contribution is 2.06. The van der Waals surface area contributed by atoms with Crippen molar-refractivity contribution in [1.29, 1.82) is 0 Å². The topological polar surface area (TPSA) is 12.5 Å². The second kappa shape index (κ2) is 2.52. The number of hydrogen-bond acceptors (Lipinski definition) is 2. The van der Waals surface area contributed by atoms with E-state index in [-0.39, 0.29) is 5.29 Å². The van der Waals surface area contributed by atoms with Gasteiger partial charge in [0.05, 0.1) is 0 Å². The largest absolute Gasteiger partial charge is 0.399 e. The average Bonchev–Trinajstić information content (AvgIpc) is 1.21. The van der Waals surface area contributed by atoms with Crippen molar-refractivity contribution in [3.8, 4) is 0 Å². The summed E-state index contributed by atoms with van der Waals surface area (Å²) >= 11 is 0. The van der Waals surface area contributed by atoms with Gasteiger partial charge in [0, 0.05) is 7.05 Å². The highest BCUT2D eigenvalue weighted by Gasteiger charge is 2.24. The summed E-state index contributed by atoms with van der Waals surface area (Å²) in [7, 11) is -2.16. The lowest BCUT2D eigenvalue weighted by Crippen LogP contribution is -2.29. The zero-order valence-electron chi connectivity index (χ0n) is 5.11.